The van der Waals surface area contributed by atoms with Crippen LogP contribution in [0.25, 0.3) is 6.08 Å². The highest BCUT2D eigenvalue weighted by Gasteiger charge is 2.02. The topological polar surface area (TPSA) is 93.5 Å². The van der Waals surface area contributed by atoms with Gasteiger partial charge in [-0.1, -0.05) is 6.08 Å². The van der Waals surface area contributed by atoms with Gasteiger partial charge in [-0.15, -0.1) is 0 Å². The lowest BCUT2D eigenvalue weighted by Gasteiger charge is -1.96. The van der Waals surface area contributed by atoms with Gasteiger partial charge in [-0.25, -0.2) is 0 Å². The van der Waals surface area contributed by atoms with Gasteiger partial charge in [0.05, 0.1) is 11.1 Å². The number of nitrogens with zero attached hydrogens (tertiary/aromatic N) is 2. The van der Waals surface area contributed by atoms with E-state index in [2.05, 4.69) is 22.7 Å². The SMILES string of the molecule is CC(/C=N\NC(N)=S)=C\c1ccc([N+](=O)[O-])cc1. The minimum atomic E-state index is -0.437. The summed E-state index contributed by atoms with van der Waals surface area (Å²) in [5.74, 6) is 0. The number of nitrogens with one attached hydrogen (secondary N) is 1. The van der Waals surface area contributed by atoms with Crippen LogP contribution in [0.15, 0.2) is 34.9 Å². The van der Waals surface area contributed by atoms with Crippen LogP contribution in [-0.4, -0.2) is 16.3 Å². The molecule has 6 nitrogen and oxygen atoms in total. The number of hydrogen-bond acceptors (Lipinski definition) is 4. The number of benzene rings is 1. The Morgan fingerprint density at radius 2 is 2.11 bits per heavy atom. The molecule has 0 atom stereocenters. The molecule has 3 N–H and O–H groups in total. The molecule has 0 unspecified atom stereocenters. The van der Waals surface area contributed by atoms with E-state index in [4.69, 9.17) is 5.73 Å². The Morgan fingerprint density at radius 3 is 2.61 bits per heavy atom. The molecule has 1 aromatic carbocycles. The number of non-ortho nitro benzene ring substituents is 1. The zero-order chi connectivity index (χ0) is 13.5. The van der Waals surface area contributed by atoms with Gasteiger partial charge in [0, 0.05) is 12.1 Å². The normalized spacial score (nSPS) is 11.5. The Balaban J connectivity index is 2.73. The summed E-state index contributed by atoms with van der Waals surface area (Å²) >= 11 is 4.59. The number of nitro benzene ring substituents is 1. The summed E-state index contributed by atoms with van der Waals surface area (Å²) in [6.45, 7) is 1.84. The van der Waals surface area contributed by atoms with Crippen molar-refractivity contribution in [1.29, 1.82) is 0 Å². The van der Waals surface area contributed by atoms with Crippen molar-refractivity contribution in [2.24, 2.45) is 10.8 Å². The first-order valence-electron chi connectivity index (χ1n) is 5.00. The predicted molar refractivity (Wildman–Crippen MR) is 75.2 cm³/mol. The molecule has 0 amide bonds. The molecule has 1 aromatic rings. The van der Waals surface area contributed by atoms with Gasteiger partial charge in [0.15, 0.2) is 5.11 Å². The Kier molecular flexibility index (Phi) is 4.94. The summed E-state index contributed by atoms with van der Waals surface area (Å²) in [6.07, 6.45) is 3.38. The van der Waals surface area contributed by atoms with Crippen LogP contribution in [0, 0.1) is 10.1 Å². The zero-order valence-electron chi connectivity index (χ0n) is 9.66. The van der Waals surface area contributed by atoms with E-state index in [9.17, 15) is 10.1 Å². The summed E-state index contributed by atoms with van der Waals surface area (Å²) in [6, 6.07) is 6.22. The molecular weight excluding hydrogens is 252 g/mol. The van der Waals surface area contributed by atoms with Gasteiger partial charge in [-0.2, -0.15) is 5.10 Å². The molecule has 0 aliphatic carbocycles. The fourth-order valence-electron chi connectivity index (χ4n) is 1.19. The standard InChI is InChI=1S/C11H12N4O2S/c1-8(7-13-14-11(12)18)6-9-2-4-10(5-3-9)15(16)17/h2-7H,1H3,(H3,12,14,18)/b8-6+,13-7-. The molecule has 1 rings (SSSR count). The van der Waals surface area contributed by atoms with E-state index < -0.39 is 4.92 Å². The molecule has 0 saturated heterocycles. The number of thiocarbonyl (C=S) groups is 1. The highest BCUT2D eigenvalue weighted by Crippen LogP contribution is 2.13. The highest BCUT2D eigenvalue weighted by atomic mass is 32.1. The lowest BCUT2D eigenvalue weighted by atomic mass is 10.1. The maximum Gasteiger partial charge on any atom is 0.269 e. The van der Waals surface area contributed by atoms with Crippen LogP contribution in [0.1, 0.15) is 12.5 Å². The number of rotatable bonds is 4. The first kappa shape index (κ1) is 13.8. The number of hydrogen-bond donors (Lipinski definition) is 2. The lowest BCUT2D eigenvalue weighted by Crippen LogP contribution is -2.23. The molecule has 7 heteroatoms. The smallest absolute Gasteiger partial charge is 0.269 e. The molecule has 0 bridgehead atoms. The summed E-state index contributed by atoms with van der Waals surface area (Å²) < 4.78 is 0. The zero-order valence-corrected chi connectivity index (χ0v) is 10.5. The van der Waals surface area contributed by atoms with Crippen molar-refractivity contribution in [3.05, 3.63) is 45.5 Å². The van der Waals surface area contributed by atoms with Gasteiger partial charge >= 0.3 is 0 Å². The third kappa shape index (κ3) is 4.71. The Morgan fingerprint density at radius 1 is 1.50 bits per heavy atom. The highest BCUT2D eigenvalue weighted by molar-refractivity contribution is 7.80. The minimum absolute atomic E-state index is 0.0635. The summed E-state index contributed by atoms with van der Waals surface area (Å²) in [5, 5.41) is 14.4. The van der Waals surface area contributed by atoms with Gasteiger partial charge in [0.2, 0.25) is 0 Å². The van der Waals surface area contributed by atoms with Crippen LogP contribution < -0.4 is 11.2 Å². The second-order valence-electron chi connectivity index (χ2n) is 3.47. The first-order valence-corrected chi connectivity index (χ1v) is 5.41. The Labute approximate surface area is 109 Å². The van der Waals surface area contributed by atoms with E-state index in [0.717, 1.165) is 11.1 Å². The van der Waals surface area contributed by atoms with Crippen LogP contribution in [0.4, 0.5) is 5.69 Å². The number of nitrogens with two attached hydrogens (primary N) is 1. The van der Waals surface area contributed by atoms with E-state index >= 15 is 0 Å². The van der Waals surface area contributed by atoms with E-state index in [1.54, 1.807) is 18.3 Å². The molecular formula is C11H12N4O2S. The van der Waals surface area contributed by atoms with Crippen LogP contribution >= 0.6 is 12.2 Å². The number of hydrazone groups is 1. The molecule has 0 aliphatic rings. The fourth-order valence-corrected chi connectivity index (χ4v) is 1.24. The van der Waals surface area contributed by atoms with Crippen LogP contribution in [0.5, 0.6) is 0 Å². The van der Waals surface area contributed by atoms with Crippen molar-refractivity contribution >= 4 is 35.3 Å². The van der Waals surface area contributed by atoms with E-state index in [0.29, 0.717) is 0 Å². The van der Waals surface area contributed by atoms with Gasteiger partial charge in [-0.05, 0) is 42.4 Å². The fraction of sp³-hybridized carbons (Fsp3) is 0.0909. The van der Waals surface area contributed by atoms with Crippen molar-refractivity contribution in [2.45, 2.75) is 6.92 Å². The van der Waals surface area contributed by atoms with Crippen LogP contribution in [0.3, 0.4) is 0 Å². The maximum atomic E-state index is 10.5. The van der Waals surface area contributed by atoms with Crippen molar-refractivity contribution < 1.29 is 4.92 Å². The Bertz CT molecular complexity index is 508. The van der Waals surface area contributed by atoms with Crippen molar-refractivity contribution in [3.63, 3.8) is 0 Å². The largest absolute Gasteiger partial charge is 0.375 e. The summed E-state index contributed by atoms with van der Waals surface area (Å²) in [7, 11) is 0. The molecule has 0 radical (unpaired) electrons. The maximum absolute atomic E-state index is 10.5. The van der Waals surface area contributed by atoms with Gasteiger partial charge in [0.1, 0.15) is 0 Å². The number of nitro groups is 1. The summed E-state index contributed by atoms with van der Waals surface area (Å²) in [5.41, 5.74) is 9.40. The average Bonchev–Trinajstić information content (AvgIpc) is 2.29. The molecule has 0 saturated carbocycles. The van der Waals surface area contributed by atoms with Crippen LogP contribution in [-0.2, 0) is 0 Å². The average molecular weight is 264 g/mol. The van der Waals surface area contributed by atoms with E-state index in [-0.39, 0.29) is 10.8 Å². The first-order chi connectivity index (χ1) is 8.49. The summed E-state index contributed by atoms with van der Waals surface area (Å²) in [4.78, 5) is 10.0. The lowest BCUT2D eigenvalue weighted by molar-refractivity contribution is -0.384. The second kappa shape index (κ2) is 6.45. The second-order valence-corrected chi connectivity index (χ2v) is 3.91. The monoisotopic (exact) mass is 264 g/mol. The minimum Gasteiger partial charge on any atom is -0.375 e. The quantitative estimate of drug-likeness (QED) is 0.374. The van der Waals surface area contributed by atoms with Gasteiger partial charge in [0.25, 0.3) is 5.69 Å². The van der Waals surface area contributed by atoms with Crippen molar-refractivity contribution in [1.82, 2.24) is 5.43 Å². The molecule has 0 aromatic heterocycles. The third-order valence-electron chi connectivity index (χ3n) is 1.94. The third-order valence-corrected chi connectivity index (χ3v) is 2.03. The molecule has 18 heavy (non-hydrogen) atoms. The predicted octanol–water partition coefficient (Wildman–Crippen LogP) is 1.82. The molecule has 0 heterocycles. The van der Waals surface area contributed by atoms with Crippen molar-refractivity contribution in [3.8, 4) is 0 Å². The Hall–Kier alpha value is -2.28. The van der Waals surface area contributed by atoms with Crippen molar-refractivity contribution in [2.75, 3.05) is 0 Å². The van der Waals surface area contributed by atoms with E-state index in [1.165, 1.54) is 12.1 Å². The molecule has 94 valence electrons. The van der Waals surface area contributed by atoms with E-state index in [1.807, 2.05) is 13.0 Å². The molecule has 0 aliphatic heterocycles. The molecule has 0 spiro atoms. The van der Waals surface area contributed by atoms with Gasteiger partial charge < -0.3 is 5.73 Å². The number of allylic oxidation sites excluding steroid dienone is 1. The van der Waals surface area contributed by atoms with Crippen LogP contribution in [0.2, 0.25) is 0 Å². The molecule has 0 fully saturated rings. The van der Waals surface area contributed by atoms with Gasteiger partial charge in [-0.3, -0.25) is 15.5 Å².